The molecule has 0 fully saturated rings. The van der Waals surface area contributed by atoms with Crippen LogP contribution in [0.5, 0.6) is 5.75 Å². The number of fused-ring (bicyclic) bond motifs is 1. The molecule has 4 aromatic rings. The lowest BCUT2D eigenvalue weighted by molar-refractivity contribution is 0.475. The van der Waals surface area contributed by atoms with Gasteiger partial charge in [0, 0.05) is 29.4 Å². The molecule has 0 bridgehead atoms. The zero-order valence-electron chi connectivity index (χ0n) is 15.0. The van der Waals surface area contributed by atoms with E-state index in [2.05, 4.69) is 57.9 Å². The predicted octanol–water partition coefficient (Wildman–Crippen LogP) is 5.18. The minimum absolute atomic E-state index is 0.208. The van der Waals surface area contributed by atoms with Crippen molar-refractivity contribution >= 4 is 28.1 Å². The number of phenols is 1. The van der Waals surface area contributed by atoms with Crippen molar-refractivity contribution in [2.45, 2.75) is 6.92 Å². The topological polar surface area (TPSA) is 70.1 Å². The molecule has 3 aromatic carbocycles. The van der Waals surface area contributed by atoms with Gasteiger partial charge in [0.2, 0.25) is 0 Å². The van der Waals surface area contributed by atoms with Gasteiger partial charge < -0.3 is 15.7 Å². The van der Waals surface area contributed by atoms with Crippen LogP contribution in [-0.4, -0.2) is 21.6 Å². The van der Waals surface area contributed by atoms with Crippen LogP contribution in [0.15, 0.2) is 73.1 Å². The van der Waals surface area contributed by atoms with Gasteiger partial charge >= 0.3 is 0 Å². The van der Waals surface area contributed by atoms with Crippen LogP contribution in [0.1, 0.15) is 6.92 Å². The average molecular weight is 356 g/mol. The highest BCUT2D eigenvalue weighted by atomic mass is 16.3. The van der Waals surface area contributed by atoms with Crippen molar-refractivity contribution in [3.63, 3.8) is 0 Å². The molecule has 0 amide bonds. The molecular formula is C22H20N4O. The van der Waals surface area contributed by atoms with Crippen molar-refractivity contribution < 1.29 is 5.11 Å². The Kier molecular flexibility index (Phi) is 4.58. The summed E-state index contributed by atoms with van der Waals surface area (Å²) in [5.74, 6) is 0.912. The molecule has 0 saturated heterocycles. The molecule has 3 N–H and O–H groups in total. The number of anilines is 3. The number of phenolic OH excluding ortho intramolecular Hbond substituents is 1. The lowest BCUT2D eigenvalue weighted by Crippen LogP contribution is -1.97. The van der Waals surface area contributed by atoms with Gasteiger partial charge in [0.1, 0.15) is 17.9 Å². The maximum absolute atomic E-state index is 9.69. The highest BCUT2D eigenvalue weighted by Gasteiger charge is 2.07. The number of hydrogen-bond donors (Lipinski definition) is 3. The average Bonchev–Trinajstić information content (AvgIpc) is 2.68. The highest BCUT2D eigenvalue weighted by Crippen LogP contribution is 2.30. The summed E-state index contributed by atoms with van der Waals surface area (Å²) < 4.78 is 0. The van der Waals surface area contributed by atoms with Crippen molar-refractivity contribution in [3.05, 3.63) is 73.1 Å². The fourth-order valence-corrected chi connectivity index (χ4v) is 3.07. The molecule has 0 unspecified atom stereocenters. The van der Waals surface area contributed by atoms with Crippen molar-refractivity contribution in [2.75, 3.05) is 17.2 Å². The van der Waals surface area contributed by atoms with Gasteiger partial charge in [0.25, 0.3) is 0 Å². The summed E-state index contributed by atoms with van der Waals surface area (Å²) in [6.07, 6.45) is 1.54. The Morgan fingerprint density at radius 3 is 2.52 bits per heavy atom. The molecule has 0 saturated carbocycles. The van der Waals surface area contributed by atoms with Crippen LogP contribution in [0, 0.1) is 0 Å². The Balaban J connectivity index is 1.76. The first kappa shape index (κ1) is 16.8. The second-order valence-corrected chi connectivity index (χ2v) is 6.24. The number of aromatic hydroxyl groups is 1. The Morgan fingerprint density at radius 1 is 0.852 bits per heavy atom. The quantitative estimate of drug-likeness (QED) is 0.460. The summed E-state index contributed by atoms with van der Waals surface area (Å²) in [4.78, 5) is 8.77. The Bertz CT molecular complexity index is 1090. The number of benzene rings is 3. The van der Waals surface area contributed by atoms with Crippen LogP contribution in [0.2, 0.25) is 0 Å². The van der Waals surface area contributed by atoms with Crippen molar-refractivity contribution in [3.8, 4) is 16.9 Å². The third-order valence-corrected chi connectivity index (χ3v) is 4.32. The minimum Gasteiger partial charge on any atom is -0.508 e. The van der Waals surface area contributed by atoms with Crippen LogP contribution in [-0.2, 0) is 0 Å². The van der Waals surface area contributed by atoms with E-state index in [4.69, 9.17) is 0 Å². The minimum atomic E-state index is 0.208. The molecule has 1 aromatic heterocycles. The smallest absolute Gasteiger partial charge is 0.141 e. The van der Waals surface area contributed by atoms with Crippen molar-refractivity contribution in [2.24, 2.45) is 0 Å². The zero-order valence-corrected chi connectivity index (χ0v) is 15.0. The molecule has 5 heteroatoms. The Labute approximate surface area is 157 Å². The predicted molar refractivity (Wildman–Crippen MR) is 111 cm³/mol. The van der Waals surface area contributed by atoms with Gasteiger partial charge in [-0.2, -0.15) is 0 Å². The Morgan fingerprint density at radius 2 is 1.67 bits per heavy atom. The van der Waals surface area contributed by atoms with E-state index in [1.54, 1.807) is 24.5 Å². The largest absolute Gasteiger partial charge is 0.508 e. The van der Waals surface area contributed by atoms with Crippen LogP contribution in [0.25, 0.3) is 22.0 Å². The van der Waals surface area contributed by atoms with Gasteiger partial charge in [0.15, 0.2) is 0 Å². The number of hydrogen-bond acceptors (Lipinski definition) is 5. The van der Waals surface area contributed by atoms with Crippen LogP contribution >= 0.6 is 0 Å². The molecule has 134 valence electrons. The summed E-state index contributed by atoms with van der Waals surface area (Å²) in [5.41, 5.74) is 4.95. The van der Waals surface area contributed by atoms with E-state index in [-0.39, 0.29) is 5.75 Å². The molecule has 0 aliphatic carbocycles. The van der Waals surface area contributed by atoms with E-state index in [0.717, 1.165) is 39.9 Å². The van der Waals surface area contributed by atoms with Gasteiger partial charge in [-0.3, -0.25) is 0 Å². The van der Waals surface area contributed by atoms with E-state index in [0.29, 0.717) is 5.82 Å². The fraction of sp³-hybridized carbons (Fsp3) is 0.0909. The van der Waals surface area contributed by atoms with Gasteiger partial charge in [-0.15, -0.1) is 0 Å². The van der Waals surface area contributed by atoms with Gasteiger partial charge in [-0.05, 0) is 54.4 Å². The van der Waals surface area contributed by atoms with Crippen LogP contribution in [0.3, 0.4) is 0 Å². The second kappa shape index (κ2) is 7.33. The van der Waals surface area contributed by atoms with Crippen molar-refractivity contribution in [1.29, 1.82) is 0 Å². The summed E-state index contributed by atoms with van der Waals surface area (Å²) in [6.45, 7) is 2.96. The van der Waals surface area contributed by atoms with E-state index in [1.165, 1.54) is 0 Å². The summed E-state index contributed by atoms with van der Waals surface area (Å²) in [6, 6.07) is 21.5. The second-order valence-electron chi connectivity index (χ2n) is 6.24. The summed E-state index contributed by atoms with van der Waals surface area (Å²) in [5, 5.41) is 17.2. The van der Waals surface area contributed by atoms with Gasteiger partial charge in [0.05, 0.1) is 5.52 Å². The normalized spacial score (nSPS) is 10.7. The number of nitrogens with one attached hydrogen (secondary N) is 2. The first-order valence-corrected chi connectivity index (χ1v) is 8.88. The fourth-order valence-electron chi connectivity index (χ4n) is 3.07. The molecular weight excluding hydrogens is 336 g/mol. The van der Waals surface area contributed by atoms with Gasteiger partial charge in [-0.25, -0.2) is 9.97 Å². The molecule has 0 radical (unpaired) electrons. The lowest BCUT2D eigenvalue weighted by atomic mass is 10.0. The van der Waals surface area contributed by atoms with Crippen LogP contribution in [0.4, 0.5) is 17.2 Å². The van der Waals surface area contributed by atoms with E-state index < -0.39 is 0 Å². The maximum atomic E-state index is 9.69. The molecule has 0 spiro atoms. The molecule has 5 nitrogen and oxygen atoms in total. The summed E-state index contributed by atoms with van der Waals surface area (Å²) >= 11 is 0. The standard InChI is InChI=1S/C22H20N4O/c1-2-23-17-6-3-5-15(11-17)16-9-10-21-20(12-16)22(25-14-24-21)26-18-7-4-8-19(27)13-18/h3-14,23,27H,2H2,1H3,(H,24,25,26). The third kappa shape index (κ3) is 3.67. The number of nitrogens with zero attached hydrogens (tertiary/aromatic N) is 2. The molecule has 0 atom stereocenters. The van der Waals surface area contributed by atoms with Gasteiger partial charge in [-0.1, -0.05) is 24.3 Å². The number of rotatable bonds is 5. The SMILES string of the molecule is CCNc1cccc(-c2ccc3ncnc(Nc4cccc(O)c4)c3c2)c1. The molecule has 0 aliphatic rings. The van der Waals surface area contributed by atoms with E-state index >= 15 is 0 Å². The summed E-state index contributed by atoms with van der Waals surface area (Å²) in [7, 11) is 0. The van der Waals surface area contributed by atoms with Crippen LogP contribution < -0.4 is 10.6 Å². The molecule has 27 heavy (non-hydrogen) atoms. The Hall–Kier alpha value is -3.60. The maximum Gasteiger partial charge on any atom is 0.141 e. The van der Waals surface area contributed by atoms with Crippen molar-refractivity contribution in [1.82, 2.24) is 9.97 Å². The van der Waals surface area contributed by atoms with E-state index in [9.17, 15) is 5.11 Å². The monoisotopic (exact) mass is 356 g/mol. The van der Waals surface area contributed by atoms with E-state index in [1.807, 2.05) is 18.2 Å². The number of aromatic nitrogens is 2. The molecule has 4 rings (SSSR count). The first-order valence-electron chi connectivity index (χ1n) is 8.88. The third-order valence-electron chi connectivity index (χ3n) is 4.32. The lowest BCUT2D eigenvalue weighted by Gasteiger charge is -2.11. The highest BCUT2D eigenvalue weighted by molar-refractivity contribution is 5.94. The molecule has 0 aliphatic heterocycles. The molecule has 1 heterocycles. The first-order chi connectivity index (χ1) is 13.2. The zero-order chi connectivity index (χ0) is 18.6.